The fourth-order valence-corrected chi connectivity index (χ4v) is 5.09. The fourth-order valence-electron chi connectivity index (χ4n) is 3.69. The van der Waals surface area contributed by atoms with Crippen LogP contribution in [0, 0.1) is 6.92 Å². The third kappa shape index (κ3) is 6.83. The summed E-state index contributed by atoms with van der Waals surface area (Å²) in [5.74, 6) is 0.750. The number of carbonyl (C=O) groups excluding carboxylic acids is 1. The largest absolute Gasteiger partial charge is 0.493 e. The summed E-state index contributed by atoms with van der Waals surface area (Å²) >= 11 is 0. The highest BCUT2D eigenvalue weighted by atomic mass is 32.2. The fraction of sp³-hybridized carbons (Fsp3) is 0.296. The van der Waals surface area contributed by atoms with E-state index in [9.17, 15) is 13.2 Å². The molecular weight excluding hydrogens is 464 g/mol. The maximum atomic E-state index is 13.4. The van der Waals surface area contributed by atoms with Crippen LogP contribution in [-0.4, -0.2) is 45.9 Å². The van der Waals surface area contributed by atoms with Crippen molar-refractivity contribution in [2.75, 3.05) is 27.3 Å². The first-order valence-electron chi connectivity index (χ1n) is 11.4. The Morgan fingerprint density at radius 1 is 0.943 bits per heavy atom. The standard InChI is InChI=1S/C27H32N2O5S/c1-20-10-13-24(14-11-20)35(31,32)29(17-16-22-8-6-5-7-9-22)19-27(30)28-21(2)23-12-15-25(33-3)26(18-23)34-4/h5-15,18,21H,16-17,19H2,1-4H3,(H,28,30). The molecule has 0 heterocycles. The number of aryl methyl sites for hydroxylation is 1. The van der Waals surface area contributed by atoms with Gasteiger partial charge >= 0.3 is 0 Å². The number of methoxy groups -OCH3 is 2. The normalized spacial score (nSPS) is 12.3. The van der Waals surface area contributed by atoms with Gasteiger partial charge in [-0.1, -0.05) is 54.1 Å². The van der Waals surface area contributed by atoms with Crippen molar-refractivity contribution in [3.8, 4) is 11.5 Å². The van der Waals surface area contributed by atoms with Gasteiger partial charge in [-0.2, -0.15) is 4.31 Å². The van der Waals surface area contributed by atoms with Crippen LogP contribution in [0.4, 0.5) is 0 Å². The first kappa shape index (κ1) is 26.2. The number of rotatable bonds is 11. The minimum atomic E-state index is -3.87. The van der Waals surface area contributed by atoms with E-state index in [2.05, 4.69) is 5.32 Å². The zero-order valence-corrected chi connectivity index (χ0v) is 21.3. The summed E-state index contributed by atoms with van der Waals surface area (Å²) in [6.45, 7) is 3.62. The van der Waals surface area contributed by atoms with Crippen LogP contribution in [0.25, 0.3) is 0 Å². The van der Waals surface area contributed by atoms with Crippen LogP contribution < -0.4 is 14.8 Å². The second-order valence-corrected chi connectivity index (χ2v) is 10.2. The van der Waals surface area contributed by atoms with Crippen LogP contribution >= 0.6 is 0 Å². The van der Waals surface area contributed by atoms with Gasteiger partial charge < -0.3 is 14.8 Å². The molecule has 0 bridgehead atoms. The topological polar surface area (TPSA) is 84.9 Å². The summed E-state index contributed by atoms with van der Waals surface area (Å²) in [6, 6.07) is 21.3. The molecule has 3 aromatic rings. The van der Waals surface area contributed by atoms with Crippen molar-refractivity contribution >= 4 is 15.9 Å². The van der Waals surface area contributed by atoms with Gasteiger partial charge in [0.05, 0.1) is 31.7 Å². The third-order valence-corrected chi connectivity index (χ3v) is 7.62. The molecule has 0 saturated heterocycles. The van der Waals surface area contributed by atoms with E-state index < -0.39 is 15.9 Å². The van der Waals surface area contributed by atoms with E-state index >= 15 is 0 Å². The summed E-state index contributed by atoms with van der Waals surface area (Å²) in [7, 11) is -0.763. The van der Waals surface area contributed by atoms with Gasteiger partial charge in [0.2, 0.25) is 15.9 Å². The summed E-state index contributed by atoms with van der Waals surface area (Å²) in [4.78, 5) is 13.1. The zero-order chi connectivity index (χ0) is 25.4. The predicted octanol–water partition coefficient (Wildman–Crippen LogP) is 4.12. The number of nitrogens with zero attached hydrogens (tertiary/aromatic N) is 1. The van der Waals surface area contributed by atoms with Crippen molar-refractivity contribution in [2.24, 2.45) is 0 Å². The van der Waals surface area contributed by atoms with Gasteiger partial charge in [-0.05, 0) is 55.7 Å². The zero-order valence-electron chi connectivity index (χ0n) is 20.5. The number of hydrogen-bond donors (Lipinski definition) is 1. The Kier molecular flexibility index (Phi) is 8.89. The monoisotopic (exact) mass is 496 g/mol. The molecule has 1 N–H and O–H groups in total. The van der Waals surface area contributed by atoms with E-state index in [1.165, 1.54) is 4.31 Å². The van der Waals surface area contributed by atoms with E-state index in [1.807, 2.05) is 50.2 Å². The maximum Gasteiger partial charge on any atom is 0.243 e. The highest BCUT2D eigenvalue weighted by Crippen LogP contribution is 2.30. The SMILES string of the molecule is COc1ccc(C(C)NC(=O)CN(CCc2ccccc2)S(=O)(=O)c2ccc(C)cc2)cc1OC. The average molecular weight is 497 g/mol. The molecule has 186 valence electrons. The average Bonchev–Trinajstić information content (AvgIpc) is 2.86. The number of hydrogen-bond acceptors (Lipinski definition) is 5. The lowest BCUT2D eigenvalue weighted by Crippen LogP contribution is -2.42. The molecule has 0 saturated carbocycles. The maximum absolute atomic E-state index is 13.4. The summed E-state index contributed by atoms with van der Waals surface area (Å²) in [5.41, 5.74) is 2.77. The van der Waals surface area contributed by atoms with E-state index in [4.69, 9.17) is 9.47 Å². The number of carbonyl (C=O) groups is 1. The van der Waals surface area contributed by atoms with Crippen molar-refractivity contribution in [1.29, 1.82) is 0 Å². The van der Waals surface area contributed by atoms with Gasteiger partial charge in [-0.15, -0.1) is 0 Å². The lowest BCUT2D eigenvalue weighted by Gasteiger charge is -2.23. The van der Waals surface area contributed by atoms with Gasteiger partial charge in [0.25, 0.3) is 0 Å². The summed E-state index contributed by atoms with van der Waals surface area (Å²) in [6.07, 6.45) is 0.491. The van der Waals surface area contributed by atoms with Crippen LogP contribution in [0.3, 0.4) is 0 Å². The molecule has 3 aromatic carbocycles. The van der Waals surface area contributed by atoms with E-state index in [0.717, 1.165) is 16.7 Å². The predicted molar refractivity (Wildman–Crippen MR) is 136 cm³/mol. The van der Waals surface area contributed by atoms with E-state index in [1.54, 1.807) is 50.6 Å². The molecule has 35 heavy (non-hydrogen) atoms. The van der Waals surface area contributed by atoms with Crippen molar-refractivity contribution in [2.45, 2.75) is 31.2 Å². The number of nitrogens with one attached hydrogen (secondary N) is 1. The molecular formula is C27H32N2O5S. The lowest BCUT2D eigenvalue weighted by atomic mass is 10.1. The summed E-state index contributed by atoms with van der Waals surface area (Å²) < 4.78 is 38.7. The van der Waals surface area contributed by atoms with Crippen LogP contribution in [0.2, 0.25) is 0 Å². The van der Waals surface area contributed by atoms with Crippen LogP contribution in [0.5, 0.6) is 11.5 Å². The number of sulfonamides is 1. The van der Waals surface area contributed by atoms with Crippen LogP contribution in [0.15, 0.2) is 77.7 Å². The second-order valence-electron chi connectivity index (χ2n) is 8.29. The first-order valence-corrected chi connectivity index (χ1v) is 12.8. The van der Waals surface area contributed by atoms with Crippen LogP contribution in [-0.2, 0) is 21.2 Å². The Morgan fingerprint density at radius 2 is 1.60 bits per heavy atom. The smallest absolute Gasteiger partial charge is 0.243 e. The molecule has 0 spiro atoms. The molecule has 8 heteroatoms. The Balaban J connectivity index is 1.78. The highest BCUT2D eigenvalue weighted by Gasteiger charge is 2.27. The number of benzene rings is 3. The minimum Gasteiger partial charge on any atom is -0.493 e. The van der Waals surface area contributed by atoms with E-state index in [-0.39, 0.29) is 24.0 Å². The van der Waals surface area contributed by atoms with Crippen LogP contribution in [0.1, 0.15) is 29.7 Å². The van der Waals surface area contributed by atoms with Gasteiger partial charge in [-0.3, -0.25) is 4.79 Å². The quantitative estimate of drug-likeness (QED) is 0.432. The van der Waals surface area contributed by atoms with Crippen molar-refractivity contribution in [1.82, 2.24) is 9.62 Å². The molecule has 0 aromatic heterocycles. The van der Waals surface area contributed by atoms with Gasteiger partial charge in [0, 0.05) is 6.54 Å². The number of ether oxygens (including phenoxy) is 2. The van der Waals surface area contributed by atoms with E-state index in [0.29, 0.717) is 17.9 Å². The van der Waals surface area contributed by atoms with Gasteiger partial charge in [0.1, 0.15) is 0 Å². The Labute approximate surface area is 207 Å². The van der Waals surface area contributed by atoms with Gasteiger partial charge in [-0.25, -0.2) is 8.42 Å². The van der Waals surface area contributed by atoms with Gasteiger partial charge in [0.15, 0.2) is 11.5 Å². The Morgan fingerprint density at radius 3 is 2.23 bits per heavy atom. The third-order valence-electron chi connectivity index (χ3n) is 5.76. The number of amides is 1. The molecule has 1 amide bonds. The lowest BCUT2D eigenvalue weighted by molar-refractivity contribution is -0.121. The molecule has 3 rings (SSSR count). The second kappa shape index (κ2) is 11.9. The molecule has 1 atom stereocenters. The molecule has 0 radical (unpaired) electrons. The minimum absolute atomic E-state index is 0.164. The summed E-state index contributed by atoms with van der Waals surface area (Å²) in [5, 5.41) is 2.90. The van der Waals surface area contributed by atoms with Crippen molar-refractivity contribution in [3.63, 3.8) is 0 Å². The first-order chi connectivity index (χ1) is 16.7. The van der Waals surface area contributed by atoms with Crippen molar-refractivity contribution in [3.05, 3.63) is 89.5 Å². The Bertz CT molecular complexity index is 1230. The molecule has 7 nitrogen and oxygen atoms in total. The molecule has 0 aliphatic rings. The molecule has 1 unspecified atom stereocenters. The Hall–Kier alpha value is -3.36. The molecule has 0 fully saturated rings. The molecule has 0 aliphatic heterocycles. The molecule has 0 aliphatic carbocycles. The highest BCUT2D eigenvalue weighted by molar-refractivity contribution is 7.89. The van der Waals surface area contributed by atoms with Crippen molar-refractivity contribution < 1.29 is 22.7 Å².